The Morgan fingerprint density at radius 3 is 2.11 bits per heavy atom. The summed E-state index contributed by atoms with van der Waals surface area (Å²) in [5.74, 6) is 5.84. The molecular formula is C48H77FN2O3. The Morgan fingerprint density at radius 1 is 1.04 bits per heavy atom. The van der Waals surface area contributed by atoms with E-state index in [1.165, 1.54) is 67.5 Å². The lowest BCUT2D eigenvalue weighted by atomic mass is 9.98. The zero-order valence-electron chi connectivity index (χ0n) is 36.2. The quantitative estimate of drug-likeness (QED) is 0.160. The van der Waals surface area contributed by atoms with Crippen LogP contribution in [0.3, 0.4) is 0 Å². The monoisotopic (exact) mass is 749 g/mol. The van der Waals surface area contributed by atoms with Gasteiger partial charge in [0.05, 0.1) is 6.10 Å². The number of allylic oxidation sites excluding steroid dienone is 2. The number of hydrogen-bond donors (Lipinski definition) is 2. The van der Waals surface area contributed by atoms with Gasteiger partial charge in [0.25, 0.3) is 0 Å². The van der Waals surface area contributed by atoms with Crippen LogP contribution in [0.15, 0.2) is 80.0 Å². The first-order chi connectivity index (χ1) is 26.0. The van der Waals surface area contributed by atoms with Crippen LogP contribution in [0.5, 0.6) is 0 Å². The second kappa shape index (κ2) is 36.1. The number of nitrogens with zero attached hydrogens (tertiary/aromatic N) is 1. The van der Waals surface area contributed by atoms with E-state index in [1.807, 2.05) is 45.9 Å². The van der Waals surface area contributed by atoms with Crippen LogP contribution >= 0.6 is 0 Å². The molecule has 2 aromatic carbocycles. The van der Waals surface area contributed by atoms with E-state index in [0.717, 1.165) is 43.9 Å². The van der Waals surface area contributed by atoms with E-state index in [4.69, 9.17) is 15.6 Å². The predicted molar refractivity (Wildman–Crippen MR) is 234 cm³/mol. The number of carbonyl (C=O) groups excluding carboxylic acids is 1. The largest absolute Gasteiger partial charge is 0.400 e. The Kier molecular flexibility index (Phi) is 36.4. The van der Waals surface area contributed by atoms with Crippen molar-refractivity contribution in [1.29, 1.82) is 0 Å². The van der Waals surface area contributed by atoms with Crippen LogP contribution in [-0.2, 0) is 11.2 Å². The number of aryl methyl sites for hydroxylation is 1. The zero-order chi connectivity index (χ0) is 41.9. The summed E-state index contributed by atoms with van der Waals surface area (Å²) in [6, 6.07) is 16.0. The number of halogens is 1. The SMILES string of the molecule is C=C(C)c1ccn(C2CCC(CCC)O2)c1C(C)CC.C=CC.CC.CCC.CCC#Cc1cccc(C(N)=O)c1.CCCCc1ccc(F)cc1.CO. The molecule has 0 aliphatic carbocycles. The van der Waals surface area contributed by atoms with E-state index in [-0.39, 0.29) is 12.0 Å². The summed E-state index contributed by atoms with van der Waals surface area (Å²) in [4.78, 5) is 10.8. The first-order valence-electron chi connectivity index (χ1n) is 20.1. The molecule has 6 heteroatoms. The van der Waals surface area contributed by atoms with E-state index in [0.29, 0.717) is 17.6 Å². The maximum absolute atomic E-state index is 12.4. The van der Waals surface area contributed by atoms with Crippen molar-refractivity contribution < 1.29 is 19.0 Å². The topological polar surface area (TPSA) is 77.5 Å². The van der Waals surface area contributed by atoms with Gasteiger partial charge in [0.2, 0.25) is 5.91 Å². The summed E-state index contributed by atoms with van der Waals surface area (Å²) >= 11 is 0. The molecular weight excluding hydrogens is 672 g/mol. The van der Waals surface area contributed by atoms with Crippen molar-refractivity contribution in [2.24, 2.45) is 5.73 Å². The summed E-state index contributed by atoms with van der Waals surface area (Å²) in [6.07, 6.45) is 16.0. The van der Waals surface area contributed by atoms with Gasteiger partial charge in [0.1, 0.15) is 12.0 Å². The molecule has 3 aromatic rings. The second-order valence-electron chi connectivity index (χ2n) is 12.6. The van der Waals surface area contributed by atoms with E-state index < -0.39 is 5.91 Å². The van der Waals surface area contributed by atoms with E-state index in [1.54, 1.807) is 24.3 Å². The lowest BCUT2D eigenvalue weighted by Gasteiger charge is -2.22. The van der Waals surface area contributed by atoms with Gasteiger partial charge in [-0.25, -0.2) is 4.39 Å². The first kappa shape index (κ1) is 54.4. The van der Waals surface area contributed by atoms with Gasteiger partial charge in [-0.05, 0) is 111 Å². The van der Waals surface area contributed by atoms with Crippen molar-refractivity contribution in [2.45, 2.75) is 159 Å². The van der Waals surface area contributed by atoms with Crippen LogP contribution in [0.2, 0.25) is 0 Å². The number of nitrogens with two attached hydrogens (primary N) is 1. The van der Waals surface area contributed by atoms with Crippen molar-refractivity contribution in [1.82, 2.24) is 4.57 Å². The summed E-state index contributed by atoms with van der Waals surface area (Å²) in [5.41, 5.74) is 11.6. The smallest absolute Gasteiger partial charge is 0.248 e. The molecule has 2 heterocycles. The molecule has 5 nitrogen and oxygen atoms in total. The number of carbonyl (C=O) groups is 1. The third-order valence-corrected chi connectivity index (χ3v) is 7.79. The Morgan fingerprint density at radius 2 is 1.63 bits per heavy atom. The fraction of sp³-hybridized carbons (Fsp3) is 0.521. The highest BCUT2D eigenvalue weighted by molar-refractivity contribution is 5.93. The average Bonchev–Trinajstić information content (AvgIpc) is 3.84. The lowest BCUT2D eigenvalue weighted by molar-refractivity contribution is -0.00322. The number of amides is 1. The number of primary amides is 1. The highest BCUT2D eigenvalue weighted by Gasteiger charge is 2.28. The Labute approximate surface area is 331 Å². The molecule has 304 valence electrons. The second-order valence-corrected chi connectivity index (χ2v) is 12.6. The maximum atomic E-state index is 12.4. The minimum atomic E-state index is -0.417. The number of aliphatic hydroxyl groups is 1. The third kappa shape index (κ3) is 23.7. The number of aliphatic hydroxyl groups excluding tert-OH is 1. The van der Waals surface area contributed by atoms with Crippen LogP contribution in [0, 0.1) is 17.7 Å². The van der Waals surface area contributed by atoms with Gasteiger partial charge >= 0.3 is 0 Å². The predicted octanol–water partition coefficient (Wildman–Crippen LogP) is 13.5. The fourth-order valence-electron chi connectivity index (χ4n) is 5.18. The highest BCUT2D eigenvalue weighted by Crippen LogP contribution is 2.37. The van der Waals surface area contributed by atoms with Crippen LogP contribution in [0.1, 0.15) is 179 Å². The molecule has 3 N–H and O–H groups in total. The van der Waals surface area contributed by atoms with Gasteiger partial charge in [-0.1, -0.05) is 124 Å². The van der Waals surface area contributed by atoms with Gasteiger partial charge in [-0.3, -0.25) is 4.79 Å². The molecule has 1 saturated heterocycles. The fourth-order valence-corrected chi connectivity index (χ4v) is 5.18. The molecule has 4 rings (SSSR count). The Bertz CT molecular complexity index is 1430. The van der Waals surface area contributed by atoms with Crippen LogP contribution in [0.4, 0.5) is 4.39 Å². The summed E-state index contributed by atoms with van der Waals surface area (Å²) in [5, 5.41) is 7.00. The first-order valence-corrected chi connectivity index (χ1v) is 20.1. The molecule has 1 aliphatic rings. The van der Waals surface area contributed by atoms with E-state index in [2.05, 4.69) is 90.3 Å². The van der Waals surface area contributed by atoms with Crippen LogP contribution in [-0.4, -0.2) is 28.8 Å². The molecule has 1 amide bonds. The molecule has 1 fully saturated rings. The standard InChI is InChI=1S/C18H29NO.C11H11NO.C10H13F.C3H8.C3H6.C2H6.CH4O/c1-6-8-15-9-10-17(20-15)19-12-11-16(13(3)4)18(19)14(5)7-2;1-2-3-5-9-6-4-7-10(8-9)11(12)13;1-2-3-4-9-5-7-10(11)8-6-9;2*1-3-2;2*1-2/h11-12,14-15,17H,3,6-10H2,1-2,4-5H3;4,6-8H,2H2,1H3,(H2,12,13);5-8H,2-4H2,1H3;3H2,1-2H3;3H,1H2,2H3;1-2H3;2H,1H3. The number of benzene rings is 2. The van der Waals surface area contributed by atoms with Crippen molar-refractivity contribution in [3.05, 3.63) is 114 Å². The van der Waals surface area contributed by atoms with Crippen molar-refractivity contribution >= 4 is 11.5 Å². The molecule has 0 saturated carbocycles. The number of hydrogen-bond acceptors (Lipinski definition) is 3. The summed E-state index contributed by atoms with van der Waals surface area (Å²) < 4.78 is 21.0. The number of aromatic nitrogens is 1. The summed E-state index contributed by atoms with van der Waals surface area (Å²) in [7, 11) is 1.00. The van der Waals surface area contributed by atoms with Crippen molar-refractivity contribution in [2.75, 3.05) is 7.11 Å². The van der Waals surface area contributed by atoms with Crippen molar-refractivity contribution in [3.8, 4) is 11.8 Å². The molecule has 3 unspecified atom stereocenters. The van der Waals surface area contributed by atoms with Crippen LogP contribution < -0.4 is 5.73 Å². The molecule has 0 radical (unpaired) electrons. The molecule has 1 aromatic heterocycles. The van der Waals surface area contributed by atoms with Crippen molar-refractivity contribution in [3.63, 3.8) is 0 Å². The van der Waals surface area contributed by atoms with Gasteiger partial charge in [0, 0.05) is 36.5 Å². The lowest BCUT2D eigenvalue weighted by Crippen LogP contribution is -2.14. The van der Waals surface area contributed by atoms with E-state index in [9.17, 15) is 9.18 Å². The molecule has 54 heavy (non-hydrogen) atoms. The Balaban J connectivity index is -0.000000667. The molecule has 1 aliphatic heterocycles. The molecule has 3 atom stereocenters. The van der Waals surface area contributed by atoms with Crippen LogP contribution in [0.25, 0.3) is 5.57 Å². The average molecular weight is 749 g/mol. The highest BCUT2D eigenvalue weighted by atomic mass is 19.1. The number of ether oxygens (including phenoxy) is 1. The summed E-state index contributed by atoms with van der Waals surface area (Å²) in [6.45, 7) is 30.6. The minimum absolute atomic E-state index is 0.148. The van der Waals surface area contributed by atoms with Gasteiger partial charge in [0.15, 0.2) is 0 Å². The van der Waals surface area contributed by atoms with Gasteiger partial charge < -0.3 is 20.1 Å². The number of unbranched alkanes of at least 4 members (excludes halogenated alkanes) is 1. The maximum Gasteiger partial charge on any atom is 0.248 e. The minimum Gasteiger partial charge on any atom is -0.400 e. The Hall–Kier alpha value is -3.92. The normalized spacial score (nSPS) is 13.8. The number of rotatable bonds is 10. The molecule has 0 spiro atoms. The zero-order valence-corrected chi connectivity index (χ0v) is 36.2. The van der Waals surface area contributed by atoms with E-state index >= 15 is 0 Å². The third-order valence-electron chi connectivity index (χ3n) is 7.79. The molecule has 0 bridgehead atoms. The van der Waals surface area contributed by atoms with Gasteiger partial charge in [-0.2, -0.15) is 0 Å². The van der Waals surface area contributed by atoms with Gasteiger partial charge in [-0.15, -0.1) is 6.58 Å².